The van der Waals surface area contributed by atoms with Gasteiger partial charge in [-0.2, -0.15) is 13.2 Å². The summed E-state index contributed by atoms with van der Waals surface area (Å²) < 4.78 is 44.1. The van der Waals surface area contributed by atoms with Gasteiger partial charge in [-0.1, -0.05) is 24.3 Å². The number of aromatic nitrogens is 1. The van der Waals surface area contributed by atoms with Gasteiger partial charge >= 0.3 is 12.1 Å². The van der Waals surface area contributed by atoms with Crippen molar-refractivity contribution < 1.29 is 27.5 Å². The number of ether oxygens (including phenoxy) is 1. The number of halogens is 3. The zero-order chi connectivity index (χ0) is 22.9. The van der Waals surface area contributed by atoms with E-state index in [9.17, 15) is 22.8 Å². The second-order valence-electron chi connectivity index (χ2n) is 8.42. The zero-order valence-electron chi connectivity index (χ0n) is 17.6. The van der Waals surface area contributed by atoms with E-state index < -0.39 is 23.2 Å². The molecule has 1 saturated carbocycles. The van der Waals surface area contributed by atoms with Crippen LogP contribution in [0.5, 0.6) is 0 Å². The molecule has 1 atom stereocenters. The van der Waals surface area contributed by atoms with Gasteiger partial charge in [-0.05, 0) is 36.0 Å². The monoisotopic (exact) mass is 447 g/mol. The number of alkyl halides is 3. The summed E-state index contributed by atoms with van der Waals surface area (Å²) in [5.74, 6) is -0.355. The first-order valence-corrected chi connectivity index (χ1v) is 10.5. The van der Waals surface area contributed by atoms with Crippen molar-refractivity contribution in [3.8, 4) is 0 Å². The molecule has 1 aromatic carbocycles. The van der Waals surface area contributed by atoms with Crippen LogP contribution in [0, 0.1) is 0 Å². The van der Waals surface area contributed by atoms with E-state index in [4.69, 9.17) is 4.74 Å². The summed E-state index contributed by atoms with van der Waals surface area (Å²) in [5, 5.41) is 2.79. The molecule has 170 valence electrons. The Labute approximate surface area is 183 Å². The number of carbonyl (C=O) groups excluding carboxylic acids is 2. The van der Waals surface area contributed by atoms with Crippen molar-refractivity contribution >= 4 is 17.6 Å². The molecule has 4 rings (SSSR count). The van der Waals surface area contributed by atoms with E-state index in [1.807, 2.05) is 24.3 Å². The highest BCUT2D eigenvalue weighted by atomic mass is 19.4. The minimum Gasteiger partial charge on any atom is -0.467 e. The molecule has 1 amide bonds. The Kier molecular flexibility index (Phi) is 5.83. The number of rotatable bonds is 6. The number of hydrogen-bond acceptors (Lipinski definition) is 5. The molecule has 32 heavy (non-hydrogen) atoms. The zero-order valence-corrected chi connectivity index (χ0v) is 17.6. The van der Waals surface area contributed by atoms with Crippen molar-refractivity contribution in [2.75, 3.05) is 25.1 Å². The Morgan fingerprint density at radius 3 is 2.56 bits per heavy atom. The maximum Gasteiger partial charge on any atom is 0.417 e. The van der Waals surface area contributed by atoms with Gasteiger partial charge in [0.1, 0.15) is 0 Å². The minimum atomic E-state index is -4.52. The second kappa shape index (κ2) is 8.44. The van der Waals surface area contributed by atoms with E-state index in [1.54, 1.807) is 4.90 Å². The van der Waals surface area contributed by atoms with Crippen LogP contribution >= 0.6 is 0 Å². The van der Waals surface area contributed by atoms with Crippen LogP contribution in [0.25, 0.3) is 0 Å². The van der Waals surface area contributed by atoms with Crippen molar-refractivity contribution in [1.29, 1.82) is 0 Å². The first-order chi connectivity index (χ1) is 15.2. The van der Waals surface area contributed by atoms with Gasteiger partial charge in [0.2, 0.25) is 5.91 Å². The standard InChI is InChI=1S/C23H24F3N3O3/c1-32-21(31)22(28-20(30)10-15-2-4-16(5-3-15)17-6-7-17)8-9-29(14-22)19-11-18(12-27-13-19)23(24,25)26/h2-5,11-13,17H,6-10,14H2,1H3,(H,28,30)/t22-/m0/s1. The lowest BCUT2D eigenvalue weighted by Crippen LogP contribution is -2.57. The number of nitrogens with zero attached hydrogens (tertiary/aromatic N) is 2. The van der Waals surface area contributed by atoms with Crippen LogP contribution in [-0.4, -0.2) is 42.6 Å². The van der Waals surface area contributed by atoms with Crippen LogP contribution in [-0.2, 0) is 26.9 Å². The molecular formula is C23H24F3N3O3. The molecule has 0 spiro atoms. The molecule has 6 nitrogen and oxygen atoms in total. The molecular weight excluding hydrogens is 423 g/mol. The lowest BCUT2D eigenvalue weighted by atomic mass is 9.97. The predicted molar refractivity (Wildman–Crippen MR) is 111 cm³/mol. The van der Waals surface area contributed by atoms with Gasteiger partial charge in [0.15, 0.2) is 5.54 Å². The fraction of sp³-hybridized carbons (Fsp3) is 0.435. The fourth-order valence-corrected chi connectivity index (χ4v) is 4.12. The summed E-state index contributed by atoms with van der Waals surface area (Å²) in [4.78, 5) is 30.6. The fourth-order valence-electron chi connectivity index (χ4n) is 4.12. The van der Waals surface area contributed by atoms with Crippen molar-refractivity contribution in [2.24, 2.45) is 0 Å². The molecule has 1 N–H and O–H groups in total. The maximum atomic E-state index is 13.1. The molecule has 0 radical (unpaired) electrons. The summed E-state index contributed by atoms with van der Waals surface area (Å²) in [7, 11) is 1.22. The Bertz CT molecular complexity index is 1010. The van der Waals surface area contributed by atoms with Crippen LogP contribution in [0.2, 0.25) is 0 Å². The van der Waals surface area contributed by atoms with Crippen LogP contribution in [0.3, 0.4) is 0 Å². The molecule has 1 aliphatic carbocycles. The maximum absolute atomic E-state index is 13.1. The number of anilines is 1. The lowest BCUT2D eigenvalue weighted by Gasteiger charge is -2.28. The molecule has 2 aliphatic rings. The Hall–Kier alpha value is -3.10. The van der Waals surface area contributed by atoms with Gasteiger partial charge in [-0.25, -0.2) is 4.79 Å². The number of esters is 1. The largest absolute Gasteiger partial charge is 0.467 e. The molecule has 1 saturated heterocycles. The molecule has 0 unspecified atom stereocenters. The van der Waals surface area contributed by atoms with E-state index in [2.05, 4.69) is 10.3 Å². The number of nitrogens with one attached hydrogen (secondary N) is 1. The first-order valence-electron chi connectivity index (χ1n) is 10.5. The van der Waals surface area contributed by atoms with Crippen LogP contribution in [0.15, 0.2) is 42.7 Å². The van der Waals surface area contributed by atoms with Crippen LogP contribution < -0.4 is 10.2 Å². The SMILES string of the molecule is COC(=O)[C@]1(NC(=O)Cc2ccc(C3CC3)cc2)CCN(c2cncc(C(F)(F)F)c2)C1. The molecule has 2 fully saturated rings. The Balaban J connectivity index is 1.47. The molecule has 0 bridgehead atoms. The average Bonchev–Trinajstić information content (AvgIpc) is 3.53. The third-order valence-electron chi connectivity index (χ3n) is 6.03. The topological polar surface area (TPSA) is 71.5 Å². The molecule has 1 aromatic heterocycles. The van der Waals surface area contributed by atoms with E-state index in [-0.39, 0.29) is 37.5 Å². The number of hydrogen-bond donors (Lipinski definition) is 1. The van der Waals surface area contributed by atoms with Gasteiger partial charge < -0.3 is 15.0 Å². The number of pyridine rings is 1. The average molecular weight is 447 g/mol. The highest BCUT2D eigenvalue weighted by Gasteiger charge is 2.47. The molecule has 2 heterocycles. The molecule has 9 heteroatoms. The first kappa shape index (κ1) is 22.1. The summed E-state index contributed by atoms with van der Waals surface area (Å²) in [6, 6.07) is 8.85. The van der Waals surface area contributed by atoms with E-state index in [0.29, 0.717) is 5.92 Å². The lowest BCUT2D eigenvalue weighted by molar-refractivity contribution is -0.150. The van der Waals surface area contributed by atoms with Gasteiger partial charge in [0.05, 0.1) is 37.5 Å². The van der Waals surface area contributed by atoms with E-state index in [1.165, 1.54) is 31.7 Å². The Morgan fingerprint density at radius 1 is 1.22 bits per heavy atom. The number of amides is 1. The smallest absolute Gasteiger partial charge is 0.417 e. The third kappa shape index (κ3) is 4.71. The van der Waals surface area contributed by atoms with Crippen molar-refractivity contribution in [3.63, 3.8) is 0 Å². The number of benzene rings is 1. The van der Waals surface area contributed by atoms with Crippen LogP contribution in [0.1, 0.15) is 41.9 Å². The van der Waals surface area contributed by atoms with E-state index >= 15 is 0 Å². The van der Waals surface area contributed by atoms with E-state index in [0.717, 1.165) is 17.8 Å². The van der Waals surface area contributed by atoms with Crippen LogP contribution in [0.4, 0.5) is 18.9 Å². The van der Waals surface area contributed by atoms with Gasteiger partial charge in [-0.3, -0.25) is 9.78 Å². The predicted octanol–water partition coefficient (Wildman–Crippen LogP) is 3.46. The minimum absolute atomic E-state index is 0.00494. The highest BCUT2D eigenvalue weighted by Crippen LogP contribution is 2.40. The summed E-state index contributed by atoms with van der Waals surface area (Å²) in [6.07, 6.45) is 0.233. The quantitative estimate of drug-likeness (QED) is 0.687. The van der Waals surface area contributed by atoms with Crippen molar-refractivity contribution in [2.45, 2.75) is 43.3 Å². The number of methoxy groups -OCH3 is 1. The molecule has 2 aromatic rings. The van der Waals surface area contributed by atoms with Crippen molar-refractivity contribution in [1.82, 2.24) is 10.3 Å². The Morgan fingerprint density at radius 2 is 1.94 bits per heavy atom. The van der Waals surface area contributed by atoms with Gasteiger partial charge in [-0.15, -0.1) is 0 Å². The summed E-state index contributed by atoms with van der Waals surface area (Å²) >= 11 is 0. The third-order valence-corrected chi connectivity index (χ3v) is 6.03. The van der Waals surface area contributed by atoms with Gasteiger partial charge in [0, 0.05) is 19.2 Å². The molecule has 1 aliphatic heterocycles. The second-order valence-corrected chi connectivity index (χ2v) is 8.42. The van der Waals surface area contributed by atoms with Gasteiger partial charge in [0.25, 0.3) is 0 Å². The number of carbonyl (C=O) groups is 2. The van der Waals surface area contributed by atoms with Crippen molar-refractivity contribution in [3.05, 3.63) is 59.4 Å². The normalized spacial score (nSPS) is 20.8. The highest BCUT2D eigenvalue weighted by molar-refractivity contribution is 5.90. The summed E-state index contributed by atoms with van der Waals surface area (Å²) in [5.41, 5.74) is 0.110. The summed E-state index contributed by atoms with van der Waals surface area (Å²) in [6.45, 7) is 0.267.